The van der Waals surface area contributed by atoms with Crippen LogP contribution in [0.1, 0.15) is 11.3 Å². The predicted octanol–water partition coefficient (Wildman–Crippen LogP) is 3.60. The molecular formula is C14H11F3N2O. The van der Waals surface area contributed by atoms with Crippen LogP contribution in [0.15, 0.2) is 43.0 Å². The Hall–Kier alpha value is -2.37. The lowest BCUT2D eigenvalue weighted by Crippen LogP contribution is -2.14. The molecule has 0 aliphatic heterocycles. The second-order valence-corrected chi connectivity index (χ2v) is 4.05. The van der Waals surface area contributed by atoms with Gasteiger partial charge in [-0.15, -0.1) is 6.58 Å². The van der Waals surface area contributed by atoms with E-state index >= 15 is 0 Å². The van der Waals surface area contributed by atoms with E-state index in [0.29, 0.717) is 5.56 Å². The molecule has 0 bridgehead atoms. The first-order valence-electron chi connectivity index (χ1n) is 5.77. The summed E-state index contributed by atoms with van der Waals surface area (Å²) in [4.78, 5) is 7.28. The van der Waals surface area contributed by atoms with Crippen LogP contribution < -0.4 is 0 Å². The van der Waals surface area contributed by atoms with Crippen molar-refractivity contribution in [2.24, 2.45) is 0 Å². The Bertz CT molecular complexity index is 624. The second-order valence-electron chi connectivity index (χ2n) is 4.05. The number of halogens is 3. The number of nitrogens with zero attached hydrogens (tertiary/aromatic N) is 2. The molecule has 0 unspecified atom stereocenters. The molecular weight excluding hydrogens is 269 g/mol. The maximum absolute atomic E-state index is 13.0. The zero-order valence-electron chi connectivity index (χ0n) is 10.4. The van der Waals surface area contributed by atoms with E-state index in [1.54, 1.807) is 30.3 Å². The highest BCUT2D eigenvalue weighted by atomic mass is 19.4. The Kier molecular flexibility index (Phi) is 3.74. The summed E-state index contributed by atoms with van der Waals surface area (Å²) in [7, 11) is 0. The number of hydrogen-bond donors (Lipinski definition) is 1. The fourth-order valence-corrected chi connectivity index (χ4v) is 1.76. The molecule has 20 heavy (non-hydrogen) atoms. The fourth-order valence-electron chi connectivity index (χ4n) is 1.76. The zero-order chi connectivity index (χ0) is 14.8. The normalized spacial score (nSPS) is 11.3. The number of aromatic nitrogens is 2. The summed E-state index contributed by atoms with van der Waals surface area (Å²) in [5.41, 5.74) is -1.10. The van der Waals surface area contributed by atoms with E-state index in [1.165, 1.54) is 6.08 Å². The van der Waals surface area contributed by atoms with E-state index in [9.17, 15) is 18.3 Å². The molecule has 0 aliphatic carbocycles. The zero-order valence-corrected chi connectivity index (χ0v) is 10.4. The van der Waals surface area contributed by atoms with Crippen LogP contribution in [0.25, 0.3) is 11.4 Å². The minimum atomic E-state index is -4.66. The van der Waals surface area contributed by atoms with Gasteiger partial charge in [0.1, 0.15) is 0 Å². The minimum absolute atomic E-state index is 0.157. The number of benzene rings is 1. The van der Waals surface area contributed by atoms with E-state index in [4.69, 9.17) is 0 Å². The Morgan fingerprint density at radius 1 is 1.15 bits per heavy atom. The molecule has 1 N–H and O–H groups in total. The summed E-state index contributed by atoms with van der Waals surface area (Å²) >= 11 is 0. The number of alkyl halides is 3. The molecule has 0 saturated heterocycles. The van der Waals surface area contributed by atoms with Crippen molar-refractivity contribution in [3.63, 3.8) is 0 Å². The smallest absolute Gasteiger partial charge is 0.433 e. The molecule has 2 rings (SSSR count). The van der Waals surface area contributed by atoms with E-state index < -0.39 is 17.8 Å². The maximum Gasteiger partial charge on any atom is 0.433 e. The number of hydrogen-bond acceptors (Lipinski definition) is 3. The fraction of sp³-hybridized carbons (Fsp3) is 0.143. The molecule has 1 aromatic carbocycles. The molecule has 1 aromatic heterocycles. The summed E-state index contributed by atoms with van der Waals surface area (Å²) in [5.74, 6) is -0.839. The van der Waals surface area contributed by atoms with Gasteiger partial charge < -0.3 is 5.11 Å². The molecule has 0 saturated carbocycles. The molecule has 104 valence electrons. The molecule has 0 aliphatic rings. The van der Waals surface area contributed by atoms with Gasteiger partial charge in [0.25, 0.3) is 0 Å². The summed E-state index contributed by atoms with van der Waals surface area (Å²) in [6.07, 6.45) is -3.56. The van der Waals surface area contributed by atoms with E-state index in [2.05, 4.69) is 16.5 Å². The quantitative estimate of drug-likeness (QED) is 0.874. The van der Waals surface area contributed by atoms with Crippen molar-refractivity contribution in [3.05, 3.63) is 54.2 Å². The van der Waals surface area contributed by atoms with Gasteiger partial charge in [-0.3, -0.25) is 0 Å². The summed E-state index contributed by atoms with van der Waals surface area (Å²) in [6, 6.07) is 8.17. The minimum Gasteiger partial charge on any atom is -0.493 e. The van der Waals surface area contributed by atoms with Crippen LogP contribution in [0.4, 0.5) is 13.2 Å². The van der Waals surface area contributed by atoms with Crippen molar-refractivity contribution in [3.8, 4) is 17.3 Å². The van der Waals surface area contributed by atoms with Crippen molar-refractivity contribution in [1.29, 1.82) is 0 Å². The average Bonchev–Trinajstić information content (AvgIpc) is 2.40. The summed E-state index contributed by atoms with van der Waals surface area (Å²) in [5, 5.41) is 9.73. The van der Waals surface area contributed by atoms with Gasteiger partial charge in [0.05, 0.1) is 0 Å². The van der Waals surface area contributed by atoms with Crippen LogP contribution in [0.3, 0.4) is 0 Å². The third-order valence-electron chi connectivity index (χ3n) is 2.63. The highest BCUT2D eigenvalue weighted by molar-refractivity contribution is 5.56. The second kappa shape index (κ2) is 5.32. The van der Waals surface area contributed by atoms with E-state index in [1.807, 2.05) is 0 Å². The van der Waals surface area contributed by atoms with Gasteiger partial charge in [0, 0.05) is 11.1 Å². The van der Waals surface area contributed by atoms with Gasteiger partial charge in [0.2, 0.25) is 5.88 Å². The van der Waals surface area contributed by atoms with Crippen molar-refractivity contribution >= 4 is 0 Å². The van der Waals surface area contributed by atoms with E-state index in [0.717, 1.165) is 0 Å². The van der Waals surface area contributed by atoms with Crippen molar-refractivity contribution in [2.45, 2.75) is 12.6 Å². The van der Waals surface area contributed by atoms with Crippen LogP contribution in [0.5, 0.6) is 5.88 Å². The lowest BCUT2D eigenvalue weighted by molar-refractivity contribution is -0.141. The molecule has 3 nitrogen and oxygen atoms in total. The van der Waals surface area contributed by atoms with Gasteiger partial charge in [-0.05, 0) is 6.42 Å². The summed E-state index contributed by atoms with van der Waals surface area (Å²) in [6.45, 7) is 3.37. The standard InChI is InChI=1S/C14H11F3N2O/c1-2-6-10-11(14(15,16)17)18-12(19-13(10)20)9-7-4-3-5-8-9/h2-5,7-8H,1,6H2,(H,18,19,20). The molecule has 6 heteroatoms. The lowest BCUT2D eigenvalue weighted by Gasteiger charge is -2.13. The van der Waals surface area contributed by atoms with Crippen molar-refractivity contribution < 1.29 is 18.3 Å². The molecule has 1 heterocycles. The van der Waals surface area contributed by atoms with Gasteiger partial charge >= 0.3 is 6.18 Å². The van der Waals surface area contributed by atoms with E-state index in [-0.39, 0.29) is 17.8 Å². The number of aromatic hydroxyl groups is 1. The highest BCUT2D eigenvalue weighted by Crippen LogP contribution is 2.35. The van der Waals surface area contributed by atoms with Crippen molar-refractivity contribution in [1.82, 2.24) is 9.97 Å². The topological polar surface area (TPSA) is 46.0 Å². The third kappa shape index (κ3) is 2.79. The lowest BCUT2D eigenvalue weighted by atomic mass is 10.1. The first-order chi connectivity index (χ1) is 9.43. The Morgan fingerprint density at radius 2 is 1.80 bits per heavy atom. The first-order valence-corrected chi connectivity index (χ1v) is 5.77. The molecule has 0 radical (unpaired) electrons. The van der Waals surface area contributed by atoms with Crippen LogP contribution >= 0.6 is 0 Å². The monoisotopic (exact) mass is 280 g/mol. The van der Waals surface area contributed by atoms with Crippen molar-refractivity contribution in [2.75, 3.05) is 0 Å². The molecule has 0 spiro atoms. The molecule has 0 atom stereocenters. The Balaban J connectivity index is 2.64. The Morgan fingerprint density at radius 3 is 2.35 bits per heavy atom. The summed E-state index contributed by atoms with van der Waals surface area (Å²) < 4.78 is 39.0. The highest BCUT2D eigenvalue weighted by Gasteiger charge is 2.37. The SMILES string of the molecule is C=CCc1c(O)nc(-c2ccccc2)nc1C(F)(F)F. The van der Waals surface area contributed by atoms with Gasteiger partial charge in [-0.2, -0.15) is 18.2 Å². The van der Waals surface area contributed by atoms with Gasteiger partial charge in [-0.25, -0.2) is 4.98 Å². The Labute approximate surface area is 113 Å². The largest absolute Gasteiger partial charge is 0.493 e. The molecule has 0 fully saturated rings. The molecule has 2 aromatic rings. The molecule has 0 amide bonds. The van der Waals surface area contributed by atoms with Crippen LogP contribution in [-0.4, -0.2) is 15.1 Å². The predicted molar refractivity (Wildman–Crippen MR) is 68.0 cm³/mol. The first kappa shape index (κ1) is 14.0. The number of rotatable bonds is 3. The maximum atomic E-state index is 13.0. The van der Waals surface area contributed by atoms with Gasteiger partial charge in [-0.1, -0.05) is 36.4 Å². The van der Waals surface area contributed by atoms with Crippen LogP contribution in [0.2, 0.25) is 0 Å². The van der Waals surface area contributed by atoms with Crippen LogP contribution in [-0.2, 0) is 12.6 Å². The number of allylic oxidation sites excluding steroid dienone is 1. The third-order valence-corrected chi connectivity index (χ3v) is 2.63. The van der Waals surface area contributed by atoms with Gasteiger partial charge in [0.15, 0.2) is 11.5 Å². The average molecular weight is 280 g/mol. The van der Waals surface area contributed by atoms with Crippen LogP contribution in [0, 0.1) is 0 Å².